The van der Waals surface area contributed by atoms with Crippen molar-refractivity contribution in [2.45, 2.75) is 38.2 Å². The SMILES string of the molecule is Cc1ccc(C)c(S(=O)(=O)N2CCN(CC(C)(C)O)CC2)c1. The average molecular weight is 326 g/mol. The number of aryl methyl sites for hydroxylation is 2. The minimum Gasteiger partial charge on any atom is -0.389 e. The Morgan fingerprint density at radius 2 is 1.73 bits per heavy atom. The summed E-state index contributed by atoms with van der Waals surface area (Å²) in [6.07, 6.45) is 0. The van der Waals surface area contributed by atoms with Crippen LogP contribution >= 0.6 is 0 Å². The van der Waals surface area contributed by atoms with Crippen molar-refractivity contribution in [3.8, 4) is 0 Å². The fourth-order valence-electron chi connectivity index (χ4n) is 2.80. The molecule has 5 nitrogen and oxygen atoms in total. The van der Waals surface area contributed by atoms with Crippen LogP contribution in [0.3, 0.4) is 0 Å². The largest absolute Gasteiger partial charge is 0.389 e. The summed E-state index contributed by atoms with van der Waals surface area (Å²) in [7, 11) is -3.44. The molecule has 0 amide bonds. The molecule has 1 aromatic carbocycles. The summed E-state index contributed by atoms with van der Waals surface area (Å²) in [6, 6.07) is 5.52. The van der Waals surface area contributed by atoms with Gasteiger partial charge in [-0.25, -0.2) is 8.42 Å². The molecule has 0 aromatic heterocycles. The first-order valence-corrected chi connectivity index (χ1v) is 9.06. The third-order valence-corrected chi connectivity index (χ3v) is 5.94. The standard InChI is InChI=1S/C16H26N2O3S/c1-13-5-6-14(2)15(11-13)22(20,21)18-9-7-17(8-10-18)12-16(3,4)19/h5-6,11,19H,7-10,12H2,1-4H3. The lowest BCUT2D eigenvalue weighted by Gasteiger charge is -2.36. The number of nitrogens with zero attached hydrogens (tertiary/aromatic N) is 2. The lowest BCUT2D eigenvalue weighted by molar-refractivity contribution is 0.0263. The molecule has 0 radical (unpaired) electrons. The molecule has 0 unspecified atom stereocenters. The molecule has 1 heterocycles. The summed E-state index contributed by atoms with van der Waals surface area (Å²) in [5.41, 5.74) is 0.975. The van der Waals surface area contributed by atoms with Crippen LogP contribution in [0.1, 0.15) is 25.0 Å². The normalized spacial score (nSPS) is 18.6. The molecule has 124 valence electrons. The van der Waals surface area contributed by atoms with Crippen LogP contribution in [0.15, 0.2) is 23.1 Å². The monoisotopic (exact) mass is 326 g/mol. The van der Waals surface area contributed by atoms with Crippen molar-refractivity contribution in [3.05, 3.63) is 29.3 Å². The molecule has 0 spiro atoms. The summed E-state index contributed by atoms with van der Waals surface area (Å²) in [5, 5.41) is 9.87. The van der Waals surface area contributed by atoms with E-state index < -0.39 is 15.6 Å². The second-order valence-electron chi connectivity index (χ2n) is 6.76. The molecule has 22 heavy (non-hydrogen) atoms. The van der Waals surface area contributed by atoms with Crippen molar-refractivity contribution in [2.24, 2.45) is 0 Å². The Hall–Kier alpha value is -0.950. The number of rotatable bonds is 4. The highest BCUT2D eigenvalue weighted by molar-refractivity contribution is 7.89. The fourth-order valence-corrected chi connectivity index (χ4v) is 4.53. The highest BCUT2D eigenvalue weighted by atomic mass is 32.2. The summed E-state index contributed by atoms with van der Waals surface area (Å²) in [6.45, 7) is 10.1. The Balaban J connectivity index is 2.11. The second-order valence-corrected chi connectivity index (χ2v) is 8.67. The third-order valence-electron chi connectivity index (χ3n) is 3.90. The Morgan fingerprint density at radius 3 is 2.27 bits per heavy atom. The van der Waals surface area contributed by atoms with Crippen molar-refractivity contribution in [2.75, 3.05) is 32.7 Å². The first kappa shape index (κ1) is 17.4. The molecular formula is C16H26N2O3S. The number of sulfonamides is 1. The van der Waals surface area contributed by atoms with E-state index in [0.717, 1.165) is 11.1 Å². The Labute approximate surface area is 133 Å². The zero-order valence-electron chi connectivity index (χ0n) is 13.8. The van der Waals surface area contributed by atoms with Crippen LogP contribution in [-0.4, -0.2) is 61.1 Å². The van der Waals surface area contributed by atoms with E-state index in [2.05, 4.69) is 4.90 Å². The van der Waals surface area contributed by atoms with Gasteiger partial charge in [-0.3, -0.25) is 4.90 Å². The number of benzene rings is 1. The Bertz CT molecular complexity index is 627. The quantitative estimate of drug-likeness (QED) is 0.908. The first-order valence-electron chi connectivity index (χ1n) is 7.62. The molecule has 0 atom stereocenters. The van der Waals surface area contributed by atoms with Gasteiger partial charge in [-0.05, 0) is 44.9 Å². The summed E-state index contributed by atoms with van der Waals surface area (Å²) in [4.78, 5) is 2.51. The van der Waals surface area contributed by atoms with E-state index in [1.807, 2.05) is 26.0 Å². The van der Waals surface area contributed by atoms with Gasteiger partial charge in [0.2, 0.25) is 10.0 Å². The highest BCUT2D eigenvalue weighted by Gasteiger charge is 2.31. The van der Waals surface area contributed by atoms with Crippen molar-refractivity contribution in [3.63, 3.8) is 0 Å². The molecule has 1 saturated heterocycles. The van der Waals surface area contributed by atoms with E-state index in [9.17, 15) is 13.5 Å². The van der Waals surface area contributed by atoms with Crippen LogP contribution in [0.25, 0.3) is 0 Å². The first-order chi connectivity index (χ1) is 10.1. The predicted octanol–water partition coefficient (Wildman–Crippen LogP) is 1.38. The average Bonchev–Trinajstić information content (AvgIpc) is 2.40. The van der Waals surface area contributed by atoms with E-state index in [0.29, 0.717) is 37.6 Å². The van der Waals surface area contributed by atoms with Crippen LogP contribution in [0.4, 0.5) is 0 Å². The van der Waals surface area contributed by atoms with Crippen LogP contribution in [0.2, 0.25) is 0 Å². The predicted molar refractivity (Wildman–Crippen MR) is 87.4 cm³/mol. The maximum atomic E-state index is 12.8. The summed E-state index contributed by atoms with van der Waals surface area (Å²) >= 11 is 0. The summed E-state index contributed by atoms with van der Waals surface area (Å²) < 4.78 is 27.2. The molecule has 6 heteroatoms. The number of piperazine rings is 1. The van der Waals surface area contributed by atoms with Crippen LogP contribution in [0.5, 0.6) is 0 Å². The number of aliphatic hydroxyl groups is 1. The molecule has 1 fully saturated rings. The van der Waals surface area contributed by atoms with Crippen LogP contribution in [-0.2, 0) is 10.0 Å². The van der Waals surface area contributed by atoms with Crippen molar-refractivity contribution < 1.29 is 13.5 Å². The van der Waals surface area contributed by atoms with Gasteiger partial charge in [0.15, 0.2) is 0 Å². The zero-order valence-corrected chi connectivity index (χ0v) is 14.7. The van der Waals surface area contributed by atoms with E-state index in [1.54, 1.807) is 24.2 Å². The maximum absolute atomic E-state index is 12.8. The topological polar surface area (TPSA) is 60.9 Å². The molecule has 1 aromatic rings. The molecule has 1 N–H and O–H groups in total. The number of hydrogen-bond acceptors (Lipinski definition) is 4. The van der Waals surface area contributed by atoms with Crippen molar-refractivity contribution >= 4 is 10.0 Å². The molecule has 0 saturated carbocycles. The van der Waals surface area contributed by atoms with Crippen molar-refractivity contribution in [1.82, 2.24) is 9.21 Å². The second kappa shape index (κ2) is 6.28. The van der Waals surface area contributed by atoms with Gasteiger partial charge in [0, 0.05) is 32.7 Å². The minimum atomic E-state index is -3.44. The maximum Gasteiger partial charge on any atom is 0.243 e. The van der Waals surface area contributed by atoms with E-state index in [4.69, 9.17) is 0 Å². The van der Waals surface area contributed by atoms with Crippen LogP contribution < -0.4 is 0 Å². The van der Waals surface area contributed by atoms with E-state index >= 15 is 0 Å². The summed E-state index contributed by atoms with van der Waals surface area (Å²) in [5.74, 6) is 0. The van der Waals surface area contributed by atoms with E-state index in [1.165, 1.54) is 0 Å². The molecule has 1 aliphatic heterocycles. The number of β-amino-alcohol motifs (C(OH)–C–C–N with tert-alkyl or cyclic N) is 1. The highest BCUT2D eigenvalue weighted by Crippen LogP contribution is 2.22. The van der Waals surface area contributed by atoms with E-state index in [-0.39, 0.29) is 0 Å². The van der Waals surface area contributed by atoms with Gasteiger partial charge in [0.1, 0.15) is 0 Å². The number of hydrogen-bond donors (Lipinski definition) is 1. The van der Waals surface area contributed by atoms with Crippen LogP contribution in [0, 0.1) is 13.8 Å². The van der Waals surface area contributed by atoms with Gasteiger partial charge in [-0.15, -0.1) is 0 Å². The zero-order chi connectivity index (χ0) is 16.5. The van der Waals surface area contributed by atoms with Gasteiger partial charge in [0.05, 0.1) is 10.5 Å². The van der Waals surface area contributed by atoms with Crippen molar-refractivity contribution in [1.29, 1.82) is 0 Å². The minimum absolute atomic E-state index is 0.406. The molecular weight excluding hydrogens is 300 g/mol. The lowest BCUT2D eigenvalue weighted by Crippen LogP contribution is -2.51. The smallest absolute Gasteiger partial charge is 0.243 e. The third kappa shape index (κ3) is 4.07. The van der Waals surface area contributed by atoms with Gasteiger partial charge in [-0.1, -0.05) is 12.1 Å². The molecule has 0 aliphatic carbocycles. The lowest BCUT2D eigenvalue weighted by atomic mass is 10.1. The fraction of sp³-hybridized carbons (Fsp3) is 0.625. The van der Waals surface area contributed by atoms with Gasteiger partial charge in [-0.2, -0.15) is 4.31 Å². The van der Waals surface area contributed by atoms with Gasteiger partial charge in [0.25, 0.3) is 0 Å². The Morgan fingerprint density at radius 1 is 1.14 bits per heavy atom. The van der Waals surface area contributed by atoms with Gasteiger partial charge < -0.3 is 5.11 Å². The van der Waals surface area contributed by atoms with Gasteiger partial charge >= 0.3 is 0 Å². The molecule has 1 aliphatic rings. The molecule has 2 rings (SSSR count). The molecule has 0 bridgehead atoms. The Kier molecular flexibility index (Phi) is 4.96.